The SMILES string of the molecule is Cc1nc2n(n1)CCN(C(=O)c1cc(-c3ccccc3F)n[nH]1)CCCC(=O)N(C)[C@@H](C)C(=O)N[C@@H]2CC(C)C. The number of nitrogens with zero attached hydrogens (tertiary/aromatic N) is 6. The van der Waals surface area contributed by atoms with Crippen LogP contribution in [0.15, 0.2) is 30.3 Å². The van der Waals surface area contributed by atoms with Crippen LogP contribution in [0.4, 0.5) is 4.39 Å². The van der Waals surface area contributed by atoms with Crippen LogP contribution < -0.4 is 5.32 Å². The zero-order chi connectivity index (χ0) is 29.0. The van der Waals surface area contributed by atoms with Crippen LogP contribution in [0.25, 0.3) is 11.3 Å². The molecule has 3 amide bonds. The van der Waals surface area contributed by atoms with Gasteiger partial charge in [0.25, 0.3) is 5.91 Å². The number of hydrogen-bond donors (Lipinski definition) is 2. The maximum atomic E-state index is 14.3. The van der Waals surface area contributed by atoms with Gasteiger partial charge in [0.15, 0.2) is 0 Å². The number of aromatic amines is 1. The van der Waals surface area contributed by atoms with E-state index in [1.165, 1.54) is 17.0 Å². The van der Waals surface area contributed by atoms with Crippen molar-refractivity contribution in [2.24, 2.45) is 5.92 Å². The summed E-state index contributed by atoms with van der Waals surface area (Å²) in [4.78, 5) is 47.3. The molecule has 40 heavy (non-hydrogen) atoms. The predicted molar refractivity (Wildman–Crippen MR) is 146 cm³/mol. The molecule has 12 heteroatoms. The molecule has 0 aliphatic carbocycles. The summed E-state index contributed by atoms with van der Waals surface area (Å²) in [5, 5.41) is 14.5. The minimum atomic E-state index is -0.679. The lowest BCUT2D eigenvalue weighted by Crippen LogP contribution is -2.47. The fourth-order valence-corrected chi connectivity index (χ4v) is 4.81. The molecule has 0 bridgehead atoms. The van der Waals surface area contributed by atoms with Gasteiger partial charge in [0.1, 0.15) is 29.2 Å². The van der Waals surface area contributed by atoms with Crippen LogP contribution in [0, 0.1) is 18.7 Å². The molecule has 0 saturated carbocycles. The van der Waals surface area contributed by atoms with Crippen molar-refractivity contribution >= 4 is 17.7 Å². The molecule has 3 heterocycles. The number of carbonyl (C=O) groups is 3. The summed E-state index contributed by atoms with van der Waals surface area (Å²) in [5.41, 5.74) is 0.842. The molecule has 4 rings (SSSR count). The number of nitrogens with one attached hydrogen (secondary N) is 2. The maximum Gasteiger partial charge on any atom is 0.271 e. The number of halogens is 1. The van der Waals surface area contributed by atoms with Crippen molar-refractivity contribution in [2.75, 3.05) is 20.1 Å². The Morgan fingerprint density at radius 2 is 1.93 bits per heavy atom. The number of amides is 3. The number of hydrogen-bond acceptors (Lipinski definition) is 6. The highest BCUT2D eigenvalue weighted by molar-refractivity contribution is 5.93. The first-order valence-electron chi connectivity index (χ1n) is 13.6. The minimum absolute atomic E-state index is 0.171. The zero-order valence-electron chi connectivity index (χ0n) is 23.6. The first kappa shape index (κ1) is 28.9. The first-order valence-corrected chi connectivity index (χ1v) is 13.6. The first-order chi connectivity index (χ1) is 19.0. The number of fused-ring (bicyclic) bond motifs is 1. The van der Waals surface area contributed by atoms with E-state index >= 15 is 0 Å². The van der Waals surface area contributed by atoms with Gasteiger partial charge in [0.05, 0.1) is 18.3 Å². The van der Waals surface area contributed by atoms with E-state index in [9.17, 15) is 18.8 Å². The normalized spacial score (nSPS) is 19.4. The highest BCUT2D eigenvalue weighted by Gasteiger charge is 2.29. The van der Waals surface area contributed by atoms with Crippen molar-refractivity contribution in [1.82, 2.24) is 40.1 Å². The molecule has 2 aromatic heterocycles. The van der Waals surface area contributed by atoms with Gasteiger partial charge < -0.3 is 15.1 Å². The van der Waals surface area contributed by atoms with Crippen LogP contribution in [-0.4, -0.2) is 78.7 Å². The second kappa shape index (κ2) is 12.4. The second-order valence-electron chi connectivity index (χ2n) is 10.7. The van der Waals surface area contributed by atoms with E-state index < -0.39 is 17.9 Å². The second-order valence-corrected chi connectivity index (χ2v) is 10.7. The fraction of sp³-hybridized carbons (Fsp3) is 0.500. The van der Waals surface area contributed by atoms with Gasteiger partial charge in [-0.05, 0) is 50.8 Å². The molecule has 1 aliphatic heterocycles. The lowest BCUT2D eigenvalue weighted by molar-refractivity contribution is -0.138. The van der Waals surface area contributed by atoms with Gasteiger partial charge >= 0.3 is 0 Å². The summed E-state index contributed by atoms with van der Waals surface area (Å²) in [6.07, 6.45) is 1.20. The molecule has 0 unspecified atom stereocenters. The van der Waals surface area contributed by atoms with E-state index in [2.05, 4.69) is 39.4 Å². The third kappa shape index (κ3) is 6.54. The van der Waals surface area contributed by atoms with E-state index in [1.54, 1.807) is 48.7 Å². The number of likely N-dealkylation sites (N-methyl/N-ethyl adjacent to an activating group) is 1. The van der Waals surface area contributed by atoms with Crippen LogP contribution in [0.5, 0.6) is 0 Å². The quantitative estimate of drug-likeness (QED) is 0.512. The number of H-pyrrole nitrogens is 1. The van der Waals surface area contributed by atoms with Gasteiger partial charge in [-0.3, -0.25) is 19.5 Å². The zero-order valence-corrected chi connectivity index (χ0v) is 23.6. The molecule has 11 nitrogen and oxygen atoms in total. The summed E-state index contributed by atoms with van der Waals surface area (Å²) in [7, 11) is 1.61. The fourth-order valence-electron chi connectivity index (χ4n) is 4.81. The molecule has 214 valence electrons. The molecule has 0 fully saturated rings. The van der Waals surface area contributed by atoms with Gasteiger partial charge in [-0.25, -0.2) is 14.1 Å². The molecule has 0 radical (unpaired) electrons. The highest BCUT2D eigenvalue weighted by Crippen LogP contribution is 2.23. The van der Waals surface area contributed by atoms with Crippen molar-refractivity contribution in [2.45, 2.75) is 65.6 Å². The predicted octanol–water partition coefficient (Wildman–Crippen LogP) is 3.10. The van der Waals surface area contributed by atoms with Gasteiger partial charge in [-0.2, -0.15) is 10.2 Å². The Bertz CT molecular complexity index is 1370. The molecule has 1 aromatic carbocycles. The minimum Gasteiger partial charge on any atom is -0.344 e. The smallest absolute Gasteiger partial charge is 0.271 e. The third-order valence-corrected chi connectivity index (χ3v) is 7.14. The van der Waals surface area contributed by atoms with Crippen LogP contribution in [0.2, 0.25) is 0 Å². The molecular weight excluding hydrogens is 515 g/mol. The number of aryl methyl sites for hydroxylation is 1. The van der Waals surface area contributed by atoms with Crippen LogP contribution in [-0.2, 0) is 16.1 Å². The molecule has 2 N–H and O–H groups in total. The Balaban J connectivity index is 1.64. The standard InChI is InChI=1S/C28H37FN8O3/c1-17(2)15-23-26-30-19(4)34-37(26)14-13-36(12-8-11-25(38)35(5)18(3)27(39)31-23)28(40)24-16-22(32-33-24)20-9-6-7-10-21(20)29/h6-7,9-10,16-18,23H,8,11-15H2,1-5H3,(H,31,39)(H,32,33)/t18-,23+/m0/s1. The van der Waals surface area contributed by atoms with Gasteiger partial charge in [-0.15, -0.1) is 0 Å². The van der Waals surface area contributed by atoms with Crippen LogP contribution in [0.3, 0.4) is 0 Å². The van der Waals surface area contributed by atoms with Crippen molar-refractivity contribution < 1.29 is 18.8 Å². The van der Waals surface area contributed by atoms with Crippen molar-refractivity contribution in [1.29, 1.82) is 0 Å². The Morgan fingerprint density at radius 1 is 1.18 bits per heavy atom. The third-order valence-electron chi connectivity index (χ3n) is 7.14. The Hall–Kier alpha value is -4.09. The molecule has 1 aliphatic rings. The maximum absolute atomic E-state index is 14.3. The topological polar surface area (TPSA) is 129 Å². The summed E-state index contributed by atoms with van der Waals surface area (Å²) in [5.74, 6) is 0.230. The average molecular weight is 553 g/mol. The van der Waals surface area contributed by atoms with Crippen molar-refractivity contribution in [3.05, 3.63) is 53.5 Å². The number of rotatable bonds is 4. The largest absolute Gasteiger partial charge is 0.344 e. The Labute approximate surface area is 233 Å². The number of aromatic nitrogens is 5. The van der Waals surface area contributed by atoms with E-state index in [0.29, 0.717) is 48.8 Å². The Morgan fingerprint density at radius 3 is 2.65 bits per heavy atom. The highest BCUT2D eigenvalue weighted by atomic mass is 19.1. The van der Waals surface area contributed by atoms with Gasteiger partial charge in [0.2, 0.25) is 11.8 Å². The summed E-state index contributed by atoms with van der Waals surface area (Å²) in [6, 6.07) is 6.68. The Kier molecular flexibility index (Phi) is 8.96. The molecular formula is C28H37FN8O3. The van der Waals surface area contributed by atoms with Gasteiger partial charge in [-0.1, -0.05) is 26.0 Å². The van der Waals surface area contributed by atoms with E-state index in [0.717, 1.165) is 0 Å². The van der Waals surface area contributed by atoms with Crippen LogP contribution >= 0.6 is 0 Å². The van der Waals surface area contributed by atoms with Crippen molar-refractivity contribution in [3.63, 3.8) is 0 Å². The summed E-state index contributed by atoms with van der Waals surface area (Å²) < 4.78 is 16.0. The average Bonchev–Trinajstić information content (AvgIpc) is 3.55. The molecule has 0 spiro atoms. The lowest BCUT2D eigenvalue weighted by Gasteiger charge is -2.29. The molecule has 3 aromatic rings. The van der Waals surface area contributed by atoms with Crippen LogP contribution in [0.1, 0.15) is 68.2 Å². The van der Waals surface area contributed by atoms with E-state index in [1.807, 2.05) is 0 Å². The van der Waals surface area contributed by atoms with Gasteiger partial charge in [0, 0.05) is 32.1 Å². The van der Waals surface area contributed by atoms with Crippen molar-refractivity contribution in [3.8, 4) is 11.3 Å². The van der Waals surface area contributed by atoms with E-state index in [4.69, 9.17) is 0 Å². The lowest BCUT2D eigenvalue weighted by atomic mass is 10.0. The monoisotopic (exact) mass is 552 g/mol. The van der Waals surface area contributed by atoms with E-state index in [-0.39, 0.29) is 42.3 Å². The summed E-state index contributed by atoms with van der Waals surface area (Å²) >= 11 is 0. The molecule has 2 atom stereocenters. The summed E-state index contributed by atoms with van der Waals surface area (Å²) in [6.45, 7) is 8.52. The molecule has 0 saturated heterocycles. The number of benzene rings is 1. The number of carbonyl (C=O) groups excluding carboxylic acids is 3.